The summed E-state index contributed by atoms with van der Waals surface area (Å²) >= 11 is 0. The Hall–Kier alpha value is -3.05. The summed E-state index contributed by atoms with van der Waals surface area (Å²) in [6, 6.07) is 6.85. The molecule has 0 radical (unpaired) electrons. The Bertz CT molecular complexity index is 1160. The van der Waals surface area contributed by atoms with Crippen molar-refractivity contribution in [2.75, 3.05) is 41.7 Å². The van der Waals surface area contributed by atoms with Crippen molar-refractivity contribution < 1.29 is 18.3 Å². The van der Waals surface area contributed by atoms with Gasteiger partial charge in [0, 0.05) is 37.9 Å². The average molecular weight is 488 g/mol. The molecule has 0 bridgehead atoms. The number of rotatable bonds is 4. The molecule has 4 unspecified atom stereocenters. The van der Waals surface area contributed by atoms with E-state index in [0.29, 0.717) is 54.5 Å². The third-order valence-electron chi connectivity index (χ3n) is 6.27. The second-order valence-electron chi connectivity index (χ2n) is 9.56. The summed E-state index contributed by atoms with van der Waals surface area (Å²) in [5.74, 6) is 1.06. The fourth-order valence-corrected chi connectivity index (χ4v) is 5.04. The molecule has 2 aliphatic heterocycles. The van der Waals surface area contributed by atoms with Crippen molar-refractivity contribution in [3.05, 3.63) is 30.1 Å². The Kier molecular flexibility index (Phi) is 6.22. The zero-order valence-electron chi connectivity index (χ0n) is 20.4. The van der Waals surface area contributed by atoms with Gasteiger partial charge in [0.15, 0.2) is 5.82 Å². The maximum atomic E-state index is 14.1. The van der Waals surface area contributed by atoms with Crippen LogP contribution < -0.4 is 15.5 Å². The molecule has 3 aromatic rings. The molecule has 0 saturated carbocycles. The van der Waals surface area contributed by atoms with E-state index in [9.17, 15) is 8.78 Å². The van der Waals surface area contributed by atoms with Gasteiger partial charge in [-0.25, -0.2) is 13.8 Å². The van der Waals surface area contributed by atoms with Crippen LogP contribution in [-0.4, -0.2) is 70.1 Å². The lowest BCUT2D eigenvalue weighted by atomic mass is 10.2. The van der Waals surface area contributed by atoms with Gasteiger partial charge in [-0.1, -0.05) is 0 Å². The van der Waals surface area contributed by atoms with Gasteiger partial charge in [-0.05, 0) is 45.9 Å². The number of nitrogen functional groups attached to an aromatic ring is 1. The topological polar surface area (TPSA) is 94.6 Å². The molecular weight excluding hydrogens is 456 g/mol. The van der Waals surface area contributed by atoms with Crippen molar-refractivity contribution in [2.45, 2.75) is 58.5 Å². The van der Waals surface area contributed by atoms with E-state index in [-0.39, 0.29) is 30.4 Å². The zero-order chi connectivity index (χ0) is 24.9. The van der Waals surface area contributed by atoms with Crippen molar-refractivity contribution in [3.8, 4) is 5.95 Å². The number of morpholine rings is 2. The van der Waals surface area contributed by atoms with E-state index in [1.54, 1.807) is 18.2 Å². The number of halogens is 2. The first-order valence-electron chi connectivity index (χ1n) is 11.9. The fourth-order valence-electron chi connectivity index (χ4n) is 5.04. The van der Waals surface area contributed by atoms with Crippen LogP contribution in [0, 0.1) is 0 Å². The van der Waals surface area contributed by atoms with E-state index < -0.39 is 12.2 Å². The molecule has 4 atom stereocenters. The highest BCUT2D eigenvalue weighted by Crippen LogP contribution is 2.31. The van der Waals surface area contributed by atoms with E-state index in [1.807, 2.05) is 33.8 Å². The number of alkyl halides is 2. The standard InChI is InChI=1S/C24H31F2N7O2/c1-13-9-31(10-14(2)34-13)20-8-21(32-11-15(3)35-16(4)12-32)30-24(29-20)33-19-6-5-17(27)7-18(19)28-23(33)22(25)26/h5-8,13-16,22H,9-12,27H2,1-4H3. The van der Waals surface area contributed by atoms with Gasteiger partial charge in [0.05, 0.1) is 35.4 Å². The Morgan fingerprint density at radius 2 is 1.34 bits per heavy atom. The fraction of sp³-hybridized carbons (Fsp3) is 0.542. The molecule has 2 N–H and O–H groups in total. The van der Waals surface area contributed by atoms with Crippen LogP contribution in [0.25, 0.3) is 17.0 Å². The minimum atomic E-state index is -2.81. The summed E-state index contributed by atoms with van der Waals surface area (Å²) in [5, 5.41) is 0. The highest BCUT2D eigenvalue weighted by molar-refractivity contribution is 5.81. The van der Waals surface area contributed by atoms with E-state index >= 15 is 0 Å². The van der Waals surface area contributed by atoms with E-state index in [2.05, 4.69) is 14.8 Å². The van der Waals surface area contributed by atoms with Gasteiger partial charge in [-0.15, -0.1) is 0 Å². The number of hydrogen-bond acceptors (Lipinski definition) is 8. The van der Waals surface area contributed by atoms with Crippen LogP contribution in [0.3, 0.4) is 0 Å². The summed E-state index contributed by atoms with van der Waals surface area (Å²) in [4.78, 5) is 18.0. The van der Waals surface area contributed by atoms with Gasteiger partial charge in [-0.3, -0.25) is 4.57 Å². The Morgan fingerprint density at radius 1 is 0.829 bits per heavy atom. The molecule has 0 spiro atoms. The molecule has 5 rings (SSSR count). The number of nitrogens with zero attached hydrogens (tertiary/aromatic N) is 6. The number of benzene rings is 1. The predicted octanol–water partition coefficient (Wildman–Crippen LogP) is 3.56. The van der Waals surface area contributed by atoms with Gasteiger partial charge in [-0.2, -0.15) is 9.97 Å². The van der Waals surface area contributed by atoms with E-state index in [1.165, 1.54) is 4.57 Å². The third kappa shape index (κ3) is 4.74. The highest BCUT2D eigenvalue weighted by Gasteiger charge is 2.29. The SMILES string of the molecule is CC1CN(c2cc(N3CC(C)OC(C)C3)nc(-n3c(C(F)F)nc4cc(N)ccc43)n2)CC(C)O1. The number of nitrogens with two attached hydrogens (primary N) is 1. The van der Waals surface area contributed by atoms with Crippen LogP contribution in [-0.2, 0) is 9.47 Å². The summed E-state index contributed by atoms with van der Waals surface area (Å²) in [6.07, 6.45) is -2.77. The Balaban J connectivity index is 1.68. The maximum Gasteiger partial charge on any atom is 0.296 e. The summed E-state index contributed by atoms with van der Waals surface area (Å²) < 4.78 is 41.4. The predicted molar refractivity (Wildman–Crippen MR) is 130 cm³/mol. The average Bonchev–Trinajstić information content (AvgIpc) is 3.16. The lowest BCUT2D eigenvalue weighted by molar-refractivity contribution is -0.00567. The summed E-state index contributed by atoms with van der Waals surface area (Å²) in [7, 11) is 0. The number of hydrogen-bond donors (Lipinski definition) is 1. The smallest absolute Gasteiger partial charge is 0.296 e. The van der Waals surface area contributed by atoms with E-state index in [4.69, 9.17) is 25.2 Å². The molecule has 188 valence electrons. The van der Waals surface area contributed by atoms with Crippen molar-refractivity contribution in [1.29, 1.82) is 0 Å². The van der Waals surface area contributed by atoms with Crippen LogP contribution in [0.5, 0.6) is 0 Å². The molecule has 2 aliphatic rings. The molecule has 4 heterocycles. The van der Waals surface area contributed by atoms with Crippen molar-refractivity contribution >= 4 is 28.4 Å². The Morgan fingerprint density at radius 3 is 1.83 bits per heavy atom. The lowest BCUT2D eigenvalue weighted by Gasteiger charge is -2.38. The molecule has 0 aliphatic carbocycles. The number of fused-ring (bicyclic) bond motifs is 1. The second kappa shape index (κ2) is 9.19. The maximum absolute atomic E-state index is 14.1. The number of anilines is 3. The molecule has 35 heavy (non-hydrogen) atoms. The van der Waals surface area contributed by atoms with Crippen molar-refractivity contribution in [2.24, 2.45) is 0 Å². The normalized spacial score (nSPS) is 25.6. The molecule has 11 heteroatoms. The Labute approximate surface area is 202 Å². The van der Waals surface area contributed by atoms with Crippen LogP contribution in [0.1, 0.15) is 39.9 Å². The molecular formula is C24H31F2N7O2. The number of imidazole rings is 1. The van der Waals surface area contributed by atoms with Gasteiger partial charge >= 0.3 is 0 Å². The number of ether oxygens (including phenoxy) is 2. The quantitative estimate of drug-likeness (QED) is 0.559. The van der Waals surface area contributed by atoms with Crippen LogP contribution in [0.4, 0.5) is 26.1 Å². The van der Waals surface area contributed by atoms with Gasteiger partial charge in [0.1, 0.15) is 11.6 Å². The summed E-state index contributed by atoms with van der Waals surface area (Å²) in [5.41, 5.74) is 7.19. The zero-order valence-corrected chi connectivity index (χ0v) is 20.4. The van der Waals surface area contributed by atoms with Crippen molar-refractivity contribution in [3.63, 3.8) is 0 Å². The van der Waals surface area contributed by atoms with Crippen molar-refractivity contribution in [1.82, 2.24) is 19.5 Å². The second-order valence-corrected chi connectivity index (χ2v) is 9.56. The monoisotopic (exact) mass is 487 g/mol. The third-order valence-corrected chi connectivity index (χ3v) is 6.27. The van der Waals surface area contributed by atoms with Crippen LogP contribution in [0.15, 0.2) is 24.3 Å². The largest absolute Gasteiger partial charge is 0.399 e. The molecule has 2 saturated heterocycles. The molecule has 2 aromatic heterocycles. The molecule has 0 amide bonds. The molecule has 2 fully saturated rings. The van der Waals surface area contributed by atoms with E-state index in [0.717, 1.165) is 0 Å². The minimum Gasteiger partial charge on any atom is -0.399 e. The van der Waals surface area contributed by atoms with Crippen LogP contribution in [0.2, 0.25) is 0 Å². The lowest BCUT2D eigenvalue weighted by Crippen LogP contribution is -2.47. The molecule has 1 aromatic carbocycles. The first kappa shape index (κ1) is 23.7. The highest BCUT2D eigenvalue weighted by atomic mass is 19.3. The molecule has 9 nitrogen and oxygen atoms in total. The summed E-state index contributed by atoms with van der Waals surface area (Å²) in [6.45, 7) is 10.6. The van der Waals surface area contributed by atoms with Gasteiger partial charge in [0.2, 0.25) is 5.95 Å². The first-order valence-corrected chi connectivity index (χ1v) is 11.9. The first-order chi connectivity index (χ1) is 16.7. The minimum absolute atomic E-state index is 0.0118. The van der Waals surface area contributed by atoms with Crippen LogP contribution >= 0.6 is 0 Å². The van der Waals surface area contributed by atoms with Gasteiger partial charge < -0.3 is 25.0 Å². The van der Waals surface area contributed by atoms with Gasteiger partial charge in [0.25, 0.3) is 6.43 Å². The number of aromatic nitrogens is 4.